The summed E-state index contributed by atoms with van der Waals surface area (Å²) in [4.78, 5) is 16.0. The molecule has 9 heteroatoms. The molecule has 134 valence electrons. The van der Waals surface area contributed by atoms with Crippen LogP contribution in [0.4, 0.5) is 23.2 Å². The number of amides is 1. The molecule has 4 nitrogen and oxygen atoms in total. The van der Waals surface area contributed by atoms with Crippen LogP contribution in [0.5, 0.6) is 0 Å². The Morgan fingerprint density at radius 1 is 1.16 bits per heavy atom. The molecular formula is C16H14BrF4N3O. The summed E-state index contributed by atoms with van der Waals surface area (Å²) in [5, 5.41) is 2.20. The van der Waals surface area contributed by atoms with Gasteiger partial charge in [-0.2, -0.15) is 22.5 Å². The number of nitrogens with zero attached hydrogens (tertiary/aromatic N) is 2. The molecule has 0 radical (unpaired) electrons. The Morgan fingerprint density at radius 3 is 2.36 bits per heavy atom. The first-order valence-corrected chi connectivity index (χ1v) is 8.01. The van der Waals surface area contributed by atoms with Crippen molar-refractivity contribution in [2.45, 2.75) is 13.0 Å². The van der Waals surface area contributed by atoms with Crippen LogP contribution in [0.1, 0.15) is 12.0 Å². The zero-order chi connectivity index (χ0) is 18.6. The molecule has 0 unspecified atom stereocenters. The van der Waals surface area contributed by atoms with Crippen LogP contribution in [0.3, 0.4) is 0 Å². The number of pyridine rings is 1. The molecule has 1 aromatic heterocycles. The fraction of sp³-hybridized carbons (Fsp3) is 0.250. The van der Waals surface area contributed by atoms with E-state index < -0.39 is 29.2 Å². The first-order chi connectivity index (χ1) is 11.8. The van der Waals surface area contributed by atoms with Crippen molar-refractivity contribution < 1.29 is 22.4 Å². The molecule has 0 saturated carbocycles. The van der Waals surface area contributed by atoms with Gasteiger partial charge in [0.1, 0.15) is 5.69 Å². The maximum absolute atomic E-state index is 13.5. The van der Waals surface area contributed by atoms with Gasteiger partial charge in [0.15, 0.2) is 0 Å². The van der Waals surface area contributed by atoms with E-state index in [4.69, 9.17) is 0 Å². The van der Waals surface area contributed by atoms with Crippen molar-refractivity contribution in [2.75, 3.05) is 18.9 Å². The summed E-state index contributed by atoms with van der Waals surface area (Å²) >= 11 is 3.38. The maximum atomic E-state index is 13.5. The number of hydrogen-bond acceptors (Lipinski definition) is 3. The monoisotopic (exact) mass is 419 g/mol. The van der Waals surface area contributed by atoms with Gasteiger partial charge in [-0.1, -0.05) is 34.1 Å². The quantitative estimate of drug-likeness (QED) is 0.571. The Morgan fingerprint density at radius 2 is 1.76 bits per heavy atom. The normalized spacial score (nSPS) is 10.6. The second kappa shape index (κ2) is 8.28. The highest BCUT2D eigenvalue weighted by atomic mass is 79.9. The smallest absolute Gasteiger partial charge is 0.253 e. The molecule has 0 spiro atoms. The fourth-order valence-electron chi connectivity index (χ4n) is 2.10. The van der Waals surface area contributed by atoms with Gasteiger partial charge in [0.2, 0.25) is 17.5 Å². The van der Waals surface area contributed by atoms with E-state index >= 15 is 0 Å². The molecule has 1 N–H and O–H groups in total. The summed E-state index contributed by atoms with van der Waals surface area (Å²) in [5.41, 5.74) is -0.0899. The van der Waals surface area contributed by atoms with Crippen LogP contribution in [0, 0.1) is 23.5 Å². The average Bonchev–Trinajstić information content (AvgIpc) is 2.58. The molecule has 1 heterocycles. The number of aromatic nitrogens is 1. The van der Waals surface area contributed by atoms with Gasteiger partial charge in [-0.15, -0.1) is 0 Å². The van der Waals surface area contributed by atoms with E-state index in [1.807, 2.05) is 24.3 Å². The third kappa shape index (κ3) is 4.68. The Hall–Kier alpha value is -2.16. The third-order valence-corrected chi connectivity index (χ3v) is 4.20. The predicted molar refractivity (Wildman–Crippen MR) is 87.8 cm³/mol. The largest absolute Gasteiger partial charge is 0.379 e. The van der Waals surface area contributed by atoms with Crippen molar-refractivity contribution in [3.63, 3.8) is 0 Å². The number of hydrogen-bond donors (Lipinski definition) is 1. The summed E-state index contributed by atoms with van der Waals surface area (Å²) in [6.45, 7) is 0.136. The molecule has 0 atom stereocenters. The van der Waals surface area contributed by atoms with E-state index in [9.17, 15) is 22.4 Å². The zero-order valence-corrected chi connectivity index (χ0v) is 14.7. The van der Waals surface area contributed by atoms with Gasteiger partial charge in [0, 0.05) is 31.0 Å². The second-order valence-corrected chi connectivity index (χ2v) is 6.07. The standard InChI is InChI=1S/C16H14BrF4N3O/c1-24(8-9-4-2-3-5-10(9)17)11(25)6-7-22-14-12(18)15(20)23-16(21)13(14)19/h2-5H,6-8H2,1H3,(H,22,23). The van der Waals surface area contributed by atoms with Gasteiger partial charge < -0.3 is 10.2 Å². The summed E-state index contributed by atoms with van der Waals surface area (Å²) in [5.74, 6) is -7.07. The van der Waals surface area contributed by atoms with Gasteiger partial charge in [-0.25, -0.2) is 0 Å². The Labute approximate surface area is 150 Å². The van der Waals surface area contributed by atoms with E-state index in [1.54, 1.807) is 7.05 Å². The number of halogens is 5. The minimum atomic E-state index is -1.75. The van der Waals surface area contributed by atoms with Crippen LogP contribution in [-0.2, 0) is 11.3 Å². The van der Waals surface area contributed by atoms with E-state index in [0.29, 0.717) is 6.54 Å². The van der Waals surface area contributed by atoms with Gasteiger partial charge in [0.25, 0.3) is 11.9 Å². The van der Waals surface area contributed by atoms with Crippen molar-refractivity contribution in [1.29, 1.82) is 0 Å². The average molecular weight is 420 g/mol. The van der Waals surface area contributed by atoms with Crippen LogP contribution in [-0.4, -0.2) is 29.4 Å². The molecule has 0 aliphatic rings. The van der Waals surface area contributed by atoms with E-state index in [-0.39, 0.29) is 18.9 Å². The third-order valence-electron chi connectivity index (χ3n) is 3.43. The zero-order valence-electron chi connectivity index (χ0n) is 13.1. The highest BCUT2D eigenvalue weighted by Crippen LogP contribution is 2.22. The number of anilines is 1. The molecule has 1 aromatic carbocycles. The second-order valence-electron chi connectivity index (χ2n) is 5.21. The molecule has 2 aromatic rings. The highest BCUT2D eigenvalue weighted by Gasteiger charge is 2.20. The van der Waals surface area contributed by atoms with Crippen molar-refractivity contribution in [2.24, 2.45) is 0 Å². The van der Waals surface area contributed by atoms with Gasteiger partial charge >= 0.3 is 0 Å². The lowest BCUT2D eigenvalue weighted by Crippen LogP contribution is -2.28. The number of benzene rings is 1. The predicted octanol–water partition coefficient (Wildman–Crippen LogP) is 3.86. The first kappa shape index (κ1) is 19.2. The van der Waals surface area contributed by atoms with Crippen molar-refractivity contribution in [3.8, 4) is 0 Å². The number of nitrogens with one attached hydrogen (secondary N) is 1. The lowest BCUT2D eigenvalue weighted by Gasteiger charge is -2.18. The Kier molecular flexibility index (Phi) is 6.35. The van der Waals surface area contributed by atoms with Gasteiger partial charge in [-0.3, -0.25) is 4.79 Å². The summed E-state index contributed by atoms with van der Waals surface area (Å²) < 4.78 is 53.8. The Balaban J connectivity index is 1.94. The number of rotatable bonds is 6. The van der Waals surface area contributed by atoms with E-state index in [0.717, 1.165) is 10.0 Å². The molecule has 1 amide bonds. The lowest BCUT2D eigenvalue weighted by atomic mass is 10.2. The highest BCUT2D eigenvalue weighted by molar-refractivity contribution is 9.10. The molecular weight excluding hydrogens is 406 g/mol. The summed E-state index contributed by atoms with van der Waals surface area (Å²) in [6.07, 6.45) is -0.120. The molecule has 25 heavy (non-hydrogen) atoms. The van der Waals surface area contributed by atoms with Crippen LogP contribution < -0.4 is 5.32 Å². The molecule has 0 bridgehead atoms. The van der Waals surface area contributed by atoms with E-state index in [1.165, 1.54) is 4.90 Å². The SMILES string of the molecule is CN(Cc1ccccc1Br)C(=O)CCNc1c(F)c(F)nc(F)c1F. The minimum Gasteiger partial charge on any atom is -0.379 e. The number of carbonyl (C=O) groups excluding carboxylic acids is 1. The minimum absolute atomic E-state index is 0.120. The fourth-order valence-corrected chi connectivity index (χ4v) is 2.51. The molecule has 0 aliphatic heterocycles. The maximum Gasteiger partial charge on any atom is 0.253 e. The van der Waals surface area contributed by atoms with Crippen molar-refractivity contribution >= 4 is 27.5 Å². The van der Waals surface area contributed by atoms with Gasteiger partial charge in [-0.05, 0) is 11.6 Å². The van der Waals surface area contributed by atoms with Crippen LogP contribution in [0.25, 0.3) is 0 Å². The van der Waals surface area contributed by atoms with Gasteiger partial charge in [0.05, 0.1) is 0 Å². The summed E-state index contributed by atoms with van der Waals surface area (Å²) in [6, 6.07) is 7.36. The first-order valence-electron chi connectivity index (χ1n) is 7.22. The molecule has 0 aliphatic carbocycles. The van der Waals surface area contributed by atoms with Crippen LogP contribution in [0.15, 0.2) is 28.7 Å². The lowest BCUT2D eigenvalue weighted by molar-refractivity contribution is -0.130. The Bertz CT molecular complexity index is 762. The molecule has 0 saturated heterocycles. The molecule has 0 fully saturated rings. The van der Waals surface area contributed by atoms with Crippen molar-refractivity contribution in [3.05, 3.63) is 57.8 Å². The number of carbonyl (C=O) groups is 1. The van der Waals surface area contributed by atoms with Crippen LogP contribution in [0.2, 0.25) is 0 Å². The molecule has 2 rings (SSSR count). The van der Waals surface area contributed by atoms with Crippen LogP contribution >= 0.6 is 15.9 Å². The topological polar surface area (TPSA) is 45.2 Å². The van der Waals surface area contributed by atoms with Crippen molar-refractivity contribution in [1.82, 2.24) is 9.88 Å². The van der Waals surface area contributed by atoms with E-state index in [2.05, 4.69) is 26.2 Å². The summed E-state index contributed by atoms with van der Waals surface area (Å²) in [7, 11) is 1.58.